The molecule has 0 aromatic heterocycles. The van der Waals surface area contributed by atoms with Gasteiger partial charge in [-0.15, -0.1) is 0 Å². The largest absolute Gasteiger partial charge is 0.478 e. The molecule has 92 valence electrons. The molecule has 0 amide bonds. The topological polar surface area (TPSA) is 49.8 Å². The molecule has 4 heteroatoms. The van der Waals surface area contributed by atoms with Gasteiger partial charge in [0.2, 0.25) is 0 Å². The molecule has 1 aliphatic heterocycles. The van der Waals surface area contributed by atoms with E-state index < -0.39 is 5.97 Å². The summed E-state index contributed by atoms with van der Waals surface area (Å²) in [6, 6.07) is 5.64. The zero-order chi connectivity index (χ0) is 12.4. The smallest absolute Gasteiger partial charge is 0.337 e. The molecule has 0 radical (unpaired) electrons. The Labute approximate surface area is 101 Å². The summed E-state index contributed by atoms with van der Waals surface area (Å²) < 4.78 is 5.35. The molecule has 1 aromatic rings. The van der Waals surface area contributed by atoms with Crippen molar-refractivity contribution in [2.24, 2.45) is 0 Å². The Bertz CT molecular complexity index is 425. The number of anilines is 1. The van der Waals surface area contributed by atoms with Gasteiger partial charge in [-0.25, -0.2) is 4.79 Å². The number of benzene rings is 1. The van der Waals surface area contributed by atoms with Gasteiger partial charge in [0.1, 0.15) is 0 Å². The summed E-state index contributed by atoms with van der Waals surface area (Å²) in [4.78, 5) is 13.3. The van der Waals surface area contributed by atoms with Crippen molar-refractivity contribution < 1.29 is 14.6 Å². The first kappa shape index (κ1) is 11.9. The molecular formula is C13H17NO3. The van der Waals surface area contributed by atoms with Gasteiger partial charge in [0.25, 0.3) is 0 Å². The van der Waals surface area contributed by atoms with Crippen molar-refractivity contribution in [3.63, 3.8) is 0 Å². The molecular weight excluding hydrogens is 218 g/mol. The molecule has 1 aromatic carbocycles. The number of carboxylic acid groups (broad SMARTS) is 1. The summed E-state index contributed by atoms with van der Waals surface area (Å²) in [6.07, 6.45) is 0.948. The monoisotopic (exact) mass is 235 g/mol. The zero-order valence-electron chi connectivity index (χ0n) is 10.1. The van der Waals surface area contributed by atoms with E-state index in [-0.39, 0.29) is 6.04 Å². The molecule has 0 aliphatic carbocycles. The fourth-order valence-corrected chi connectivity index (χ4v) is 2.31. The van der Waals surface area contributed by atoms with Crippen LogP contribution < -0.4 is 4.90 Å². The second-order valence-electron chi connectivity index (χ2n) is 4.40. The van der Waals surface area contributed by atoms with Crippen molar-refractivity contribution in [3.05, 3.63) is 29.3 Å². The van der Waals surface area contributed by atoms with E-state index in [1.807, 2.05) is 24.9 Å². The lowest BCUT2D eigenvalue weighted by Gasteiger charge is -2.28. The number of hydrogen-bond acceptors (Lipinski definition) is 3. The average molecular weight is 235 g/mol. The van der Waals surface area contributed by atoms with Crippen LogP contribution in [0.3, 0.4) is 0 Å². The Morgan fingerprint density at radius 3 is 2.88 bits per heavy atom. The van der Waals surface area contributed by atoms with Crippen LogP contribution in [0, 0.1) is 6.92 Å². The third-order valence-electron chi connectivity index (χ3n) is 3.27. The zero-order valence-corrected chi connectivity index (χ0v) is 10.1. The molecule has 0 spiro atoms. The van der Waals surface area contributed by atoms with Gasteiger partial charge in [-0.3, -0.25) is 0 Å². The summed E-state index contributed by atoms with van der Waals surface area (Å²) in [6.45, 7) is 3.36. The fraction of sp³-hybridized carbons (Fsp3) is 0.462. The number of ether oxygens (including phenoxy) is 1. The summed E-state index contributed by atoms with van der Waals surface area (Å²) in [5.74, 6) is -0.880. The van der Waals surface area contributed by atoms with Crippen molar-refractivity contribution >= 4 is 11.7 Å². The Morgan fingerprint density at radius 1 is 1.53 bits per heavy atom. The first-order valence-electron chi connectivity index (χ1n) is 5.74. The lowest BCUT2D eigenvalue weighted by atomic mass is 10.1. The quantitative estimate of drug-likeness (QED) is 0.869. The normalized spacial score (nSPS) is 19.3. The van der Waals surface area contributed by atoms with Crippen LogP contribution in [0.4, 0.5) is 5.69 Å². The number of nitrogens with zero attached hydrogens (tertiary/aromatic N) is 1. The Balaban J connectivity index is 2.38. The first-order valence-corrected chi connectivity index (χ1v) is 5.74. The van der Waals surface area contributed by atoms with E-state index in [1.165, 1.54) is 0 Å². The summed E-state index contributed by atoms with van der Waals surface area (Å²) in [5, 5.41) is 9.22. The van der Waals surface area contributed by atoms with Crippen LogP contribution in [0.25, 0.3) is 0 Å². The highest BCUT2D eigenvalue weighted by atomic mass is 16.5. The van der Waals surface area contributed by atoms with E-state index in [1.54, 1.807) is 12.1 Å². The second kappa shape index (κ2) is 4.75. The van der Waals surface area contributed by atoms with Crippen LogP contribution in [0.15, 0.2) is 18.2 Å². The lowest BCUT2D eigenvalue weighted by Crippen LogP contribution is -2.33. The molecule has 1 aliphatic rings. The van der Waals surface area contributed by atoms with Crippen LogP contribution in [0.1, 0.15) is 22.3 Å². The minimum atomic E-state index is -0.880. The molecule has 1 N–H and O–H groups in total. The standard InChI is InChI=1S/C13H17NO3/c1-9-4-3-5-11(13(15)16)12(9)14(2)10-6-7-17-8-10/h3-5,10H,6-8H2,1-2H3,(H,15,16). The molecule has 1 heterocycles. The van der Waals surface area contributed by atoms with E-state index in [2.05, 4.69) is 0 Å². The second-order valence-corrected chi connectivity index (χ2v) is 4.40. The van der Waals surface area contributed by atoms with Crippen molar-refractivity contribution in [1.82, 2.24) is 0 Å². The highest BCUT2D eigenvalue weighted by molar-refractivity contribution is 5.95. The summed E-state index contributed by atoms with van der Waals surface area (Å²) >= 11 is 0. The Kier molecular flexibility index (Phi) is 3.33. The first-order chi connectivity index (χ1) is 8.11. The average Bonchev–Trinajstić information content (AvgIpc) is 2.81. The third kappa shape index (κ3) is 2.26. The van der Waals surface area contributed by atoms with Crippen molar-refractivity contribution in [1.29, 1.82) is 0 Å². The van der Waals surface area contributed by atoms with Gasteiger partial charge in [0.15, 0.2) is 0 Å². The lowest BCUT2D eigenvalue weighted by molar-refractivity contribution is 0.0697. The van der Waals surface area contributed by atoms with Crippen LogP contribution in [-0.2, 0) is 4.74 Å². The molecule has 17 heavy (non-hydrogen) atoms. The van der Waals surface area contributed by atoms with Crippen LogP contribution in [-0.4, -0.2) is 37.4 Å². The molecule has 2 rings (SSSR count). The van der Waals surface area contributed by atoms with Crippen molar-refractivity contribution in [2.45, 2.75) is 19.4 Å². The van der Waals surface area contributed by atoms with Crippen LogP contribution >= 0.6 is 0 Å². The molecule has 1 saturated heterocycles. The molecule has 0 bridgehead atoms. The number of likely N-dealkylation sites (N-methyl/N-ethyl adjacent to an activating group) is 1. The maximum atomic E-state index is 11.2. The van der Waals surface area contributed by atoms with Gasteiger partial charge in [-0.05, 0) is 25.0 Å². The maximum absolute atomic E-state index is 11.2. The third-order valence-corrected chi connectivity index (χ3v) is 3.27. The number of aromatic carboxylic acids is 1. The van der Waals surface area contributed by atoms with Crippen molar-refractivity contribution in [2.75, 3.05) is 25.2 Å². The Hall–Kier alpha value is -1.55. The number of hydrogen-bond donors (Lipinski definition) is 1. The number of carboxylic acids is 1. The van der Waals surface area contributed by atoms with Crippen molar-refractivity contribution in [3.8, 4) is 0 Å². The maximum Gasteiger partial charge on any atom is 0.337 e. The van der Waals surface area contributed by atoms with Gasteiger partial charge in [0, 0.05) is 13.7 Å². The number of carbonyl (C=O) groups is 1. The van der Waals surface area contributed by atoms with Gasteiger partial charge < -0.3 is 14.7 Å². The van der Waals surface area contributed by atoms with E-state index in [0.29, 0.717) is 12.2 Å². The SMILES string of the molecule is Cc1cccc(C(=O)O)c1N(C)C1CCOC1. The van der Waals surface area contributed by atoms with Gasteiger partial charge in [0.05, 0.1) is 23.9 Å². The number of aryl methyl sites for hydroxylation is 1. The number of rotatable bonds is 3. The van der Waals surface area contributed by atoms with E-state index >= 15 is 0 Å². The Morgan fingerprint density at radius 2 is 2.29 bits per heavy atom. The van der Waals surface area contributed by atoms with Crippen LogP contribution in [0.2, 0.25) is 0 Å². The van der Waals surface area contributed by atoms with Gasteiger partial charge >= 0.3 is 5.97 Å². The number of para-hydroxylation sites is 1. The minimum Gasteiger partial charge on any atom is -0.478 e. The molecule has 1 unspecified atom stereocenters. The van der Waals surface area contributed by atoms with Gasteiger partial charge in [-0.1, -0.05) is 12.1 Å². The molecule has 1 fully saturated rings. The van der Waals surface area contributed by atoms with Crippen LogP contribution in [0.5, 0.6) is 0 Å². The fourth-order valence-electron chi connectivity index (χ4n) is 2.31. The summed E-state index contributed by atoms with van der Waals surface area (Å²) in [5.41, 5.74) is 2.15. The molecule has 4 nitrogen and oxygen atoms in total. The van der Waals surface area contributed by atoms with E-state index in [0.717, 1.165) is 24.3 Å². The molecule has 1 atom stereocenters. The summed E-state index contributed by atoms with van der Waals surface area (Å²) in [7, 11) is 1.94. The highest BCUT2D eigenvalue weighted by Crippen LogP contribution is 2.28. The predicted octanol–water partition coefficient (Wildman–Crippen LogP) is 1.92. The predicted molar refractivity (Wildman–Crippen MR) is 65.8 cm³/mol. The van der Waals surface area contributed by atoms with E-state index in [9.17, 15) is 9.90 Å². The minimum absolute atomic E-state index is 0.272. The van der Waals surface area contributed by atoms with E-state index in [4.69, 9.17) is 4.74 Å². The van der Waals surface area contributed by atoms with Gasteiger partial charge in [-0.2, -0.15) is 0 Å². The molecule has 0 saturated carbocycles. The highest BCUT2D eigenvalue weighted by Gasteiger charge is 2.24.